The maximum absolute atomic E-state index is 2.54. The lowest BCUT2D eigenvalue weighted by molar-refractivity contribution is 0.595. The van der Waals surface area contributed by atoms with E-state index in [2.05, 4.69) is 78.0 Å². The quantitative estimate of drug-likeness (QED) is 0.263. The second-order valence-electron chi connectivity index (χ2n) is 8.58. The van der Waals surface area contributed by atoms with E-state index >= 15 is 0 Å². The van der Waals surface area contributed by atoms with Crippen LogP contribution < -0.4 is 0 Å². The third kappa shape index (κ3) is 5.92. The van der Waals surface area contributed by atoms with Crippen LogP contribution in [0.4, 0.5) is 0 Å². The monoisotopic (exact) mass is 418 g/mol. The molecule has 4 atom stereocenters. The smallest absolute Gasteiger partial charge is 0.00899 e. The van der Waals surface area contributed by atoms with Crippen molar-refractivity contribution in [2.45, 2.75) is 78.5 Å². The Morgan fingerprint density at radius 1 is 0.643 bits per heavy atom. The first-order chi connectivity index (χ1) is 13.6. The third-order valence-electron chi connectivity index (χ3n) is 6.47. The van der Waals surface area contributed by atoms with Gasteiger partial charge in [0.25, 0.3) is 0 Å². The second kappa shape index (κ2) is 12.5. The molecule has 2 heteroatoms. The van der Waals surface area contributed by atoms with E-state index in [0.29, 0.717) is 11.8 Å². The summed E-state index contributed by atoms with van der Waals surface area (Å²) in [6, 6.07) is 0. The molecule has 0 N–H and O–H groups in total. The molecule has 0 aromatic heterocycles. The molecule has 28 heavy (non-hydrogen) atoms. The van der Waals surface area contributed by atoms with Crippen molar-refractivity contribution < 1.29 is 0 Å². The number of hydrogen-bond acceptors (Lipinski definition) is 0. The van der Waals surface area contributed by atoms with Gasteiger partial charge in [0, 0.05) is 11.8 Å². The first kappa shape index (κ1) is 24.1. The van der Waals surface area contributed by atoms with E-state index in [4.69, 9.17) is 0 Å². The number of rotatable bonds is 13. The molecule has 2 aliphatic carbocycles. The van der Waals surface area contributed by atoms with Crippen molar-refractivity contribution in [1.29, 1.82) is 0 Å². The Hall–Kier alpha value is -0.180. The van der Waals surface area contributed by atoms with Gasteiger partial charge in [0.05, 0.1) is 0 Å². The molecule has 158 valence electrons. The Kier molecular flexibility index (Phi) is 10.8. The molecule has 2 unspecified atom stereocenters. The van der Waals surface area contributed by atoms with Crippen LogP contribution in [0.15, 0.2) is 47.6 Å². The van der Waals surface area contributed by atoms with Gasteiger partial charge in [0.15, 0.2) is 0 Å². The van der Waals surface area contributed by atoms with Gasteiger partial charge >= 0.3 is 0 Å². The average Bonchev–Trinajstić information content (AvgIpc) is 3.35. The van der Waals surface area contributed by atoms with E-state index in [1.54, 1.807) is 11.1 Å². The molecule has 0 amide bonds. The van der Waals surface area contributed by atoms with Crippen molar-refractivity contribution in [3.8, 4) is 0 Å². The molecule has 0 nitrogen and oxygen atoms in total. The molecule has 0 aromatic carbocycles. The van der Waals surface area contributed by atoms with Crippen LogP contribution in [0.1, 0.15) is 67.2 Å². The molecule has 0 saturated heterocycles. The number of hydrogen-bond donors (Lipinski definition) is 0. The Morgan fingerprint density at radius 2 is 0.964 bits per heavy atom. The summed E-state index contributed by atoms with van der Waals surface area (Å²) < 4.78 is 0. The minimum atomic E-state index is 0.125. The van der Waals surface area contributed by atoms with E-state index < -0.39 is 0 Å². The minimum absolute atomic E-state index is 0.125. The fraction of sp³-hybridized carbons (Fsp3) is 0.692. The molecule has 0 saturated carbocycles. The highest BCUT2D eigenvalue weighted by Crippen LogP contribution is 2.53. The molecule has 2 rings (SSSR count). The van der Waals surface area contributed by atoms with Gasteiger partial charge < -0.3 is 0 Å². The van der Waals surface area contributed by atoms with Crippen LogP contribution in [-0.2, 0) is 0 Å². The molecule has 0 bridgehead atoms. The van der Waals surface area contributed by atoms with Crippen LogP contribution in [0.25, 0.3) is 0 Å². The zero-order valence-electron chi connectivity index (χ0n) is 19.3. The fourth-order valence-corrected chi connectivity index (χ4v) is 10.7. The van der Waals surface area contributed by atoms with Gasteiger partial charge in [0.2, 0.25) is 0 Å². The van der Waals surface area contributed by atoms with E-state index in [9.17, 15) is 0 Å². The van der Waals surface area contributed by atoms with Gasteiger partial charge in [-0.3, -0.25) is 0 Å². The summed E-state index contributed by atoms with van der Waals surface area (Å²) in [5, 5.41) is 0. The summed E-state index contributed by atoms with van der Waals surface area (Å²) in [5.41, 5.74) is 5.01. The van der Waals surface area contributed by atoms with E-state index in [1.165, 1.54) is 50.3 Å². The summed E-state index contributed by atoms with van der Waals surface area (Å²) in [6.45, 7) is 14.5. The zero-order chi connectivity index (χ0) is 20.5. The van der Waals surface area contributed by atoms with Crippen LogP contribution in [0.5, 0.6) is 0 Å². The lowest BCUT2D eigenvalue weighted by atomic mass is 9.82. The third-order valence-corrected chi connectivity index (χ3v) is 13.3. The average molecular weight is 419 g/mol. The summed E-state index contributed by atoms with van der Waals surface area (Å²) in [4.78, 5) is 0. The van der Waals surface area contributed by atoms with E-state index in [1.807, 2.05) is 0 Å². The van der Waals surface area contributed by atoms with Crippen LogP contribution >= 0.6 is 15.8 Å². The molecule has 0 spiro atoms. The van der Waals surface area contributed by atoms with Crippen LogP contribution in [0.3, 0.4) is 0 Å². The largest absolute Gasteiger partial charge is 0.0996 e. The van der Waals surface area contributed by atoms with Crippen LogP contribution in [0.2, 0.25) is 0 Å². The fourth-order valence-electron chi connectivity index (χ4n) is 5.08. The van der Waals surface area contributed by atoms with Gasteiger partial charge in [-0.1, -0.05) is 131 Å². The van der Waals surface area contributed by atoms with Gasteiger partial charge in [-0.25, -0.2) is 0 Å². The summed E-state index contributed by atoms with van der Waals surface area (Å²) >= 11 is 0. The van der Waals surface area contributed by atoms with Crippen molar-refractivity contribution in [1.82, 2.24) is 0 Å². The Balaban J connectivity index is 2.16. The summed E-state index contributed by atoms with van der Waals surface area (Å²) in [6.07, 6.45) is 25.8. The lowest BCUT2D eigenvalue weighted by Crippen LogP contribution is -2.23. The standard InChI is InChI=1S/C26H44P2/c1-7-17-27(18-8-2)21(5)23-13-11-15-25(23)26-16-12-14-24(26)22(6)28(19-9-3)20-10-4/h11-16,21-22,25-26H,7-10,17-20H2,1-6H3/t21-,22-,25?,26?/m0/s1. The first-order valence-electron chi connectivity index (χ1n) is 11.8. The van der Waals surface area contributed by atoms with Crippen molar-refractivity contribution >= 4 is 15.8 Å². The molecule has 0 aliphatic heterocycles. The molecule has 0 radical (unpaired) electrons. The summed E-state index contributed by atoms with van der Waals surface area (Å²) in [5.74, 6) is 1.22. The zero-order valence-corrected chi connectivity index (χ0v) is 21.1. The minimum Gasteiger partial charge on any atom is -0.0996 e. The van der Waals surface area contributed by atoms with Gasteiger partial charge in [0.1, 0.15) is 0 Å². The van der Waals surface area contributed by atoms with Crippen molar-refractivity contribution in [3.05, 3.63) is 47.6 Å². The van der Waals surface area contributed by atoms with Crippen molar-refractivity contribution in [3.63, 3.8) is 0 Å². The van der Waals surface area contributed by atoms with Gasteiger partial charge in [-0.05, 0) is 36.0 Å². The SMILES string of the molecule is CCCP(CCC)[C@@H](C)C1=CC=CC1C1C=CC=C1[C@H](C)P(CCC)CCC. The second-order valence-corrected chi connectivity index (χ2v) is 14.3. The topological polar surface area (TPSA) is 0 Å². The van der Waals surface area contributed by atoms with Gasteiger partial charge in [-0.15, -0.1) is 0 Å². The first-order valence-corrected chi connectivity index (χ1v) is 15.4. The number of allylic oxidation sites excluding steroid dienone is 8. The van der Waals surface area contributed by atoms with E-state index in [0.717, 1.165) is 11.3 Å². The van der Waals surface area contributed by atoms with Crippen molar-refractivity contribution in [2.75, 3.05) is 24.6 Å². The highest BCUT2D eigenvalue weighted by molar-refractivity contribution is 7.59. The predicted molar refractivity (Wildman–Crippen MR) is 135 cm³/mol. The van der Waals surface area contributed by atoms with Crippen LogP contribution in [0, 0.1) is 11.8 Å². The molecule has 0 fully saturated rings. The summed E-state index contributed by atoms with van der Waals surface area (Å²) in [7, 11) is 0.249. The predicted octanol–water partition coefficient (Wildman–Crippen LogP) is 8.59. The highest BCUT2D eigenvalue weighted by Gasteiger charge is 2.35. The molecule has 0 heterocycles. The molecular weight excluding hydrogens is 374 g/mol. The molecule has 0 aromatic rings. The van der Waals surface area contributed by atoms with E-state index in [-0.39, 0.29) is 15.8 Å². The Labute approximate surface area is 178 Å². The maximum Gasteiger partial charge on any atom is 0.00899 e. The van der Waals surface area contributed by atoms with Crippen molar-refractivity contribution in [2.24, 2.45) is 11.8 Å². The Bertz CT molecular complexity index is 519. The lowest BCUT2D eigenvalue weighted by Gasteiger charge is -2.35. The van der Waals surface area contributed by atoms with Crippen LogP contribution in [-0.4, -0.2) is 36.0 Å². The Morgan fingerprint density at radius 3 is 1.25 bits per heavy atom. The molecular formula is C26H44P2. The maximum atomic E-state index is 2.54. The molecule has 2 aliphatic rings. The normalized spacial score (nSPS) is 23.6. The van der Waals surface area contributed by atoms with Gasteiger partial charge in [-0.2, -0.15) is 0 Å². The highest BCUT2D eigenvalue weighted by atomic mass is 31.1.